The van der Waals surface area contributed by atoms with Gasteiger partial charge >= 0.3 is 19.5 Å². The molecule has 0 aliphatic carbocycles. The second kappa shape index (κ2) is 13.4. The normalized spacial score (nSPS) is 14.0. The molecular weight excluding hydrogens is 478 g/mol. The van der Waals surface area contributed by atoms with Crippen LogP contribution in [0.3, 0.4) is 0 Å². The van der Waals surface area contributed by atoms with Crippen molar-refractivity contribution in [3.8, 4) is 0 Å². The van der Waals surface area contributed by atoms with Crippen molar-refractivity contribution in [2.45, 2.75) is 13.5 Å². The summed E-state index contributed by atoms with van der Waals surface area (Å²) < 4.78 is 17.5. The Hall–Kier alpha value is -0.847. The molecule has 0 spiro atoms. The molecule has 28 heavy (non-hydrogen) atoms. The predicted octanol–water partition coefficient (Wildman–Crippen LogP) is 5.47. The van der Waals surface area contributed by atoms with Gasteiger partial charge in [-0.05, 0) is 50.2 Å². The fourth-order valence-corrected chi connectivity index (χ4v) is 3.58. The van der Waals surface area contributed by atoms with Gasteiger partial charge in [0.15, 0.2) is 0 Å². The Bertz CT molecular complexity index is 735. The first-order valence-electron chi connectivity index (χ1n) is 8.66. The van der Waals surface area contributed by atoms with Crippen LogP contribution >= 0.6 is 23.9 Å². The second-order valence-corrected chi connectivity index (χ2v) is 7.61. The van der Waals surface area contributed by atoms with E-state index < -0.39 is 0 Å². The minimum Gasteiger partial charge on any atom is -0.386 e. The number of para-hydroxylation sites is 1. The van der Waals surface area contributed by atoms with Gasteiger partial charge < -0.3 is 13.9 Å². The van der Waals surface area contributed by atoms with Crippen molar-refractivity contribution in [1.29, 1.82) is 0 Å². The number of aryl methyl sites for hydroxylation is 1. The van der Waals surface area contributed by atoms with E-state index in [1.807, 2.05) is 31.2 Å². The van der Waals surface area contributed by atoms with Crippen LogP contribution in [-0.4, -0.2) is 34.2 Å². The molecule has 3 rings (SSSR count). The molecule has 1 N–H and O–H groups in total. The van der Waals surface area contributed by atoms with E-state index >= 15 is 0 Å². The van der Waals surface area contributed by atoms with Crippen molar-refractivity contribution >= 4 is 35.7 Å². The van der Waals surface area contributed by atoms with Crippen LogP contribution in [-0.2, 0) is 26.0 Å². The van der Waals surface area contributed by atoms with Gasteiger partial charge in [-0.3, -0.25) is 6.58 Å². The van der Waals surface area contributed by atoms with Crippen LogP contribution in [0.5, 0.6) is 0 Å². The molecule has 1 aliphatic heterocycles. The Morgan fingerprint density at radius 3 is 2.32 bits per heavy atom. The summed E-state index contributed by atoms with van der Waals surface area (Å²) in [7, 11) is 0. The number of benzene rings is 2. The van der Waals surface area contributed by atoms with Crippen LogP contribution in [0.25, 0.3) is 6.08 Å². The van der Waals surface area contributed by atoms with Crippen molar-refractivity contribution in [1.82, 2.24) is 8.61 Å². The molecule has 2 aromatic rings. The molecule has 0 amide bonds. The van der Waals surface area contributed by atoms with Crippen molar-refractivity contribution in [3.05, 3.63) is 78.2 Å². The molecule has 3 nitrogen and oxygen atoms in total. The molecule has 1 aliphatic rings. The number of nitrogens with one attached hydrogen (secondary N) is 1. The van der Waals surface area contributed by atoms with Gasteiger partial charge in [-0.15, -0.1) is 35.5 Å². The van der Waals surface area contributed by atoms with E-state index in [0.717, 1.165) is 29.9 Å². The van der Waals surface area contributed by atoms with Crippen molar-refractivity contribution in [3.63, 3.8) is 0 Å². The minimum atomic E-state index is -0.272. The summed E-state index contributed by atoms with van der Waals surface area (Å²) in [6, 6.07) is 12.7. The topological polar surface area (TPSA) is 18.5 Å². The molecule has 0 saturated carbocycles. The van der Waals surface area contributed by atoms with Gasteiger partial charge in [0.05, 0.1) is 0 Å². The zero-order valence-electron chi connectivity index (χ0n) is 16.3. The number of hydrogen-bond acceptors (Lipinski definition) is 5. The smallest absolute Gasteiger partial charge is 0.386 e. The van der Waals surface area contributed by atoms with Gasteiger partial charge in [0.2, 0.25) is 0 Å². The Morgan fingerprint density at radius 2 is 1.79 bits per heavy atom. The fourth-order valence-electron chi connectivity index (χ4n) is 2.58. The maximum atomic E-state index is 13.1. The summed E-state index contributed by atoms with van der Waals surface area (Å²) in [6.45, 7) is 12.6. The Kier molecular flexibility index (Phi) is 12.0. The van der Waals surface area contributed by atoms with Crippen LogP contribution in [0.1, 0.15) is 16.7 Å². The molecular formula is C21H26FN3RuS2. The van der Waals surface area contributed by atoms with Gasteiger partial charge in [0.1, 0.15) is 5.82 Å². The largest absolute Gasteiger partial charge is 2.00 e. The maximum Gasteiger partial charge on any atom is 2.00 e. The molecule has 0 bridgehead atoms. The fraction of sp³-hybridized carbons (Fsp3) is 0.286. The number of nitrogens with zero attached hydrogens (tertiary/aromatic N) is 2. The zero-order valence-corrected chi connectivity index (χ0v) is 19.7. The molecule has 1 saturated heterocycles. The summed E-state index contributed by atoms with van der Waals surface area (Å²) in [5, 5.41) is 3.33. The summed E-state index contributed by atoms with van der Waals surface area (Å²) in [5.74, 6) is -0.272. The van der Waals surface area contributed by atoms with Crippen LogP contribution in [0, 0.1) is 26.0 Å². The third-order valence-corrected chi connectivity index (χ3v) is 5.66. The summed E-state index contributed by atoms with van der Waals surface area (Å²) in [5.41, 5.74) is 3.95. The molecule has 7 heteroatoms. The molecule has 0 aromatic heterocycles. The number of anilines is 1. The molecule has 0 radical (unpaired) electrons. The van der Waals surface area contributed by atoms with Gasteiger partial charge in [-0.1, -0.05) is 24.3 Å². The summed E-state index contributed by atoms with van der Waals surface area (Å²) in [6.07, 6.45) is 5.62. The van der Waals surface area contributed by atoms with E-state index in [4.69, 9.17) is 6.58 Å². The number of halogens is 1. The van der Waals surface area contributed by atoms with E-state index in [2.05, 4.69) is 33.1 Å². The SMILES string of the molecule is CSN1[CH-]N(SC)CC1.[CH-]=Cc1cc(F)ccc1CNc1ccccc1C.[Ru+2]. The van der Waals surface area contributed by atoms with Crippen molar-refractivity contribution in [2.24, 2.45) is 0 Å². The Morgan fingerprint density at radius 1 is 1.14 bits per heavy atom. The van der Waals surface area contributed by atoms with Crippen LogP contribution in [0.2, 0.25) is 0 Å². The third-order valence-electron chi connectivity index (χ3n) is 4.17. The van der Waals surface area contributed by atoms with Crippen LogP contribution in [0.15, 0.2) is 42.5 Å². The average molecular weight is 505 g/mol. The summed E-state index contributed by atoms with van der Waals surface area (Å²) in [4.78, 5) is 0. The first-order valence-corrected chi connectivity index (χ1v) is 11.0. The quantitative estimate of drug-likeness (QED) is 0.319. The van der Waals surface area contributed by atoms with E-state index in [-0.39, 0.29) is 25.3 Å². The second-order valence-electron chi connectivity index (χ2n) is 5.94. The van der Waals surface area contributed by atoms with Gasteiger partial charge in [0, 0.05) is 12.2 Å². The van der Waals surface area contributed by atoms with E-state index in [1.54, 1.807) is 30.0 Å². The van der Waals surface area contributed by atoms with Crippen molar-refractivity contribution in [2.75, 3.05) is 30.9 Å². The predicted molar refractivity (Wildman–Crippen MR) is 118 cm³/mol. The summed E-state index contributed by atoms with van der Waals surface area (Å²) >= 11 is 3.55. The molecule has 152 valence electrons. The average Bonchev–Trinajstić information content (AvgIpc) is 3.17. The molecule has 1 fully saturated rings. The third kappa shape index (κ3) is 7.88. The first kappa shape index (κ1) is 25.2. The number of rotatable bonds is 6. The van der Waals surface area contributed by atoms with Gasteiger partial charge in [-0.25, -0.2) is 10.5 Å². The minimum absolute atomic E-state index is 0. The zero-order chi connectivity index (χ0) is 19.6. The van der Waals surface area contributed by atoms with Crippen LogP contribution in [0.4, 0.5) is 10.1 Å². The standard InChI is InChI=1S/C16H15FN.C5H11N2S2.Ru/c1-3-13-10-15(17)9-8-14(13)11-18-16-7-5-4-6-12(16)2;1-8-6-3-4-7(5-6)9-2;/h1,3-10,18H,11H2,2H3;5H,3-4H2,1-2H3;/q2*-1;+2. The van der Waals surface area contributed by atoms with E-state index in [0.29, 0.717) is 6.54 Å². The van der Waals surface area contributed by atoms with Crippen LogP contribution < -0.4 is 5.32 Å². The Labute approximate surface area is 190 Å². The molecule has 2 aromatic carbocycles. The van der Waals surface area contributed by atoms with Crippen molar-refractivity contribution < 1.29 is 23.9 Å². The van der Waals surface area contributed by atoms with E-state index in [1.165, 1.54) is 23.8 Å². The van der Waals surface area contributed by atoms with Gasteiger partial charge in [0.25, 0.3) is 0 Å². The molecule has 0 atom stereocenters. The van der Waals surface area contributed by atoms with Gasteiger partial charge in [-0.2, -0.15) is 12.2 Å². The molecule has 0 unspecified atom stereocenters. The monoisotopic (exact) mass is 505 g/mol. The van der Waals surface area contributed by atoms with E-state index in [9.17, 15) is 4.39 Å². The molecule has 1 heterocycles. The maximum absolute atomic E-state index is 13.1. The number of hydrogen-bond donors (Lipinski definition) is 1. The Balaban J connectivity index is 0.000000332. The first-order chi connectivity index (χ1) is 13.1.